The van der Waals surface area contributed by atoms with Gasteiger partial charge in [-0.05, 0) is 91.3 Å². The molecule has 0 spiro atoms. The van der Waals surface area contributed by atoms with E-state index < -0.39 is 52.6 Å². The number of amides is 4. The highest BCUT2D eigenvalue weighted by atomic mass is 35.5. The molecule has 2 saturated heterocycles. The second kappa shape index (κ2) is 12.9. The smallest absolute Gasteiger partial charge is 0.260 e. The van der Waals surface area contributed by atoms with Crippen LogP contribution in [-0.2, 0) is 24.6 Å². The highest BCUT2D eigenvalue weighted by Gasteiger charge is 2.70. The first-order chi connectivity index (χ1) is 25.1. The average Bonchev–Trinajstić information content (AvgIpc) is 3.54. The normalized spacial score (nSPS) is 28.7. The Labute approximate surface area is 305 Å². The first-order valence-corrected chi connectivity index (χ1v) is 18.2. The van der Waals surface area contributed by atoms with Crippen LogP contribution in [0.25, 0.3) is 0 Å². The number of allylic oxidation sites excluding steroid dienone is 2. The first kappa shape index (κ1) is 34.2. The van der Waals surface area contributed by atoms with Gasteiger partial charge in [0.15, 0.2) is 11.5 Å². The van der Waals surface area contributed by atoms with E-state index in [4.69, 9.17) is 21.1 Å². The van der Waals surface area contributed by atoms with Crippen LogP contribution >= 0.6 is 11.6 Å². The number of halogens is 2. The summed E-state index contributed by atoms with van der Waals surface area (Å²) in [6.07, 6.45) is 6.94. The summed E-state index contributed by atoms with van der Waals surface area (Å²) in [4.78, 5) is 60.3. The second-order valence-corrected chi connectivity index (χ2v) is 14.9. The number of carbonyl (C=O) groups is 4. The topological polar surface area (TPSA) is 125 Å². The van der Waals surface area contributed by atoms with Crippen LogP contribution in [0, 0.1) is 29.5 Å². The Bertz CT molecular complexity index is 1970. The number of phenols is 1. The van der Waals surface area contributed by atoms with Crippen LogP contribution in [0.4, 0.5) is 10.1 Å². The van der Waals surface area contributed by atoms with E-state index in [9.17, 15) is 23.9 Å². The number of hydrogen-bond donors (Lipinski definition) is 2. The highest BCUT2D eigenvalue weighted by Crippen LogP contribution is 2.65. The fourth-order valence-electron chi connectivity index (χ4n) is 9.83. The van der Waals surface area contributed by atoms with Crippen LogP contribution in [0.2, 0.25) is 5.02 Å². The summed E-state index contributed by atoms with van der Waals surface area (Å²) in [5.41, 5.74) is 3.51. The summed E-state index contributed by atoms with van der Waals surface area (Å²) in [5, 5.41) is 12.4. The number of methoxy groups -OCH3 is 2. The van der Waals surface area contributed by atoms with E-state index in [0.29, 0.717) is 28.3 Å². The van der Waals surface area contributed by atoms with Gasteiger partial charge in [0.05, 0.1) is 43.1 Å². The molecule has 3 aromatic carbocycles. The summed E-state index contributed by atoms with van der Waals surface area (Å²) in [6, 6.07) is 15.3. The van der Waals surface area contributed by atoms with Crippen LogP contribution in [-0.4, -0.2) is 58.9 Å². The van der Waals surface area contributed by atoms with E-state index in [1.807, 2.05) is 6.08 Å². The van der Waals surface area contributed by atoms with Gasteiger partial charge in [-0.25, -0.2) is 4.39 Å². The maximum atomic E-state index is 15.3. The number of imide groups is 2. The Hall–Kier alpha value is -4.90. The summed E-state index contributed by atoms with van der Waals surface area (Å²) in [5.74, 6) is -5.66. The lowest BCUT2D eigenvalue weighted by Crippen LogP contribution is -2.53. The van der Waals surface area contributed by atoms with E-state index in [1.165, 1.54) is 43.4 Å². The van der Waals surface area contributed by atoms with Crippen molar-refractivity contribution in [2.24, 2.45) is 23.7 Å². The van der Waals surface area contributed by atoms with Crippen LogP contribution in [0.15, 0.2) is 72.3 Å². The molecule has 4 amide bonds. The number of likely N-dealkylation sites (tertiary alicyclic amines) is 1. The zero-order valence-corrected chi connectivity index (χ0v) is 29.6. The third-order valence-electron chi connectivity index (χ3n) is 12.1. The largest absolute Gasteiger partial charge is 0.502 e. The van der Waals surface area contributed by atoms with Crippen molar-refractivity contribution < 1.29 is 38.1 Å². The summed E-state index contributed by atoms with van der Waals surface area (Å²) in [7, 11) is 2.82. The lowest BCUT2D eigenvalue weighted by molar-refractivity contribution is -0.144. The molecule has 2 saturated carbocycles. The molecule has 8 rings (SSSR count). The zero-order chi connectivity index (χ0) is 36.5. The summed E-state index contributed by atoms with van der Waals surface area (Å²) in [6.45, 7) is 0. The minimum atomic E-state index is -1.58. The molecule has 0 unspecified atom stereocenters. The van der Waals surface area contributed by atoms with Crippen LogP contribution in [0.1, 0.15) is 62.0 Å². The van der Waals surface area contributed by atoms with Crippen LogP contribution < -0.4 is 14.9 Å². The lowest BCUT2D eigenvalue weighted by atomic mass is 9.49. The van der Waals surface area contributed by atoms with E-state index >= 15 is 4.79 Å². The maximum absolute atomic E-state index is 15.3. The van der Waals surface area contributed by atoms with Crippen molar-refractivity contribution >= 4 is 40.9 Å². The fourth-order valence-corrected chi connectivity index (χ4v) is 9.96. The number of fused-ring (bicyclic) bond motifs is 4. The van der Waals surface area contributed by atoms with Crippen molar-refractivity contribution in [2.75, 3.05) is 19.6 Å². The van der Waals surface area contributed by atoms with Crippen LogP contribution in [0.3, 0.4) is 0 Å². The van der Waals surface area contributed by atoms with E-state index in [1.54, 1.807) is 36.4 Å². The Balaban J connectivity index is 1.34. The van der Waals surface area contributed by atoms with Gasteiger partial charge >= 0.3 is 0 Å². The molecule has 2 heterocycles. The van der Waals surface area contributed by atoms with E-state index in [2.05, 4.69) is 5.43 Å². The van der Waals surface area contributed by atoms with Gasteiger partial charge in [-0.15, -0.1) is 0 Å². The summed E-state index contributed by atoms with van der Waals surface area (Å²) < 4.78 is 25.1. The molecule has 3 aromatic rings. The van der Waals surface area contributed by atoms with Crippen molar-refractivity contribution in [1.29, 1.82) is 0 Å². The molecule has 270 valence electrons. The number of carbonyl (C=O) groups excluding carboxylic acids is 4. The van der Waals surface area contributed by atoms with E-state index in [-0.39, 0.29) is 41.5 Å². The molecular formula is C40H39ClFN3O7. The molecule has 6 atom stereocenters. The highest BCUT2D eigenvalue weighted by molar-refractivity contribution is 6.30. The molecule has 2 aliphatic heterocycles. The molecular weight excluding hydrogens is 689 g/mol. The van der Waals surface area contributed by atoms with Gasteiger partial charge < -0.3 is 14.6 Å². The minimum absolute atomic E-state index is 0.0993. The third kappa shape index (κ3) is 5.03. The predicted octanol–water partition coefficient (Wildman–Crippen LogP) is 6.52. The Kier molecular flexibility index (Phi) is 8.52. The number of rotatable bonds is 7. The van der Waals surface area contributed by atoms with Gasteiger partial charge in [-0.3, -0.25) is 29.5 Å². The maximum Gasteiger partial charge on any atom is 0.260 e. The first-order valence-electron chi connectivity index (χ1n) is 17.8. The minimum Gasteiger partial charge on any atom is -0.502 e. The molecule has 0 aromatic heterocycles. The van der Waals surface area contributed by atoms with Crippen molar-refractivity contribution in [3.05, 3.63) is 94.3 Å². The molecule has 12 heteroatoms. The molecule has 0 bridgehead atoms. The Morgan fingerprint density at radius 2 is 1.52 bits per heavy atom. The predicted molar refractivity (Wildman–Crippen MR) is 189 cm³/mol. The fraction of sp³-hybridized carbons (Fsp3) is 0.400. The van der Waals surface area contributed by atoms with Gasteiger partial charge in [0.25, 0.3) is 11.8 Å². The van der Waals surface area contributed by atoms with Gasteiger partial charge in [-0.1, -0.05) is 54.6 Å². The third-order valence-corrected chi connectivity index (χ3v) is 12.3. The Morgan fingerprint density at radius 1 is 0.865 bits per heavy atom. The summed E-state index contributed by atoms with van der Waals surface area (Å²) >= 11 is 6.38. The number of phenolic OH excluding ortho intramolecular Hbond substituents is 1. The SMILES string of the molecule is COc1cc([C@H]2C3=CC[C@@H]4C(=O)N(C5CCCCC5)C(=O)[C@@H]4[C@@H]3C[C@H]3C(=O)N(Nc4ccc(F)cc4)C(=O)[C@@]23c2ccc(Cl)cc2)cc(OC)c1O. The van der Waals surface area contributed by atoms with Gasteiger partial charge in [0.2, 0.25) is 17.6 Å². The number of hydrazine groups is 1. The van der Waals surface area contributed by atoms with Crippen LogP contribution in [0.5, 0.6) is 17.2 Å². The number of ether oxygens (including phenoxy) is 2. The molecule has 5 aliphatic rings. The molecule has 0 radical (unpaired) electrons. The molecule has 52 heavy (non-hydrogen) atoms. The lowest BCUT2D eigenvalue weighted by Gasteiger charge is -2.50. The average molecular weight is 728 g/mol. The Morgan fingerprint density at radius 3 is 2.15 bits per heavy atom. The van der Waals surface area contributed by atoms with Crippen molar-refractivity contribution in [1.82, 2.24) is 9.91 Å². The molecule has 2 N–H and O–H groups in total. The monoisotopic (exact) mass is 727 g/mol. The zero-order valence-electron chi connectivity index (χ0n) is 28.8. The molecule has 4 fully saturated rings. The standard InChI is InChI=1S/C40H39ClFN3O7/c1-51-31-18-21(19-32(52-2)35(31)46)34-27-16-17-28-33(38(49)44(36(28)47)26-6-4-3-5-7-26)29(27)20-30-37(48)45(43-25-14-12-24(42)13-15-25)39(50)40(30,34)22-8-10-23(41)11-9-22/h8-16,18-19,26,28-30,33-34,43,46H,3-7,17,20H2,1-2H3/t28-,29+,30-,33-,34-,40+/m0/s1. The van der Waals surface area contributed by atoms with Gasteiger partial charge in [-0.2, -0.15) is 5.01 Å². The number of nitrogens with one attached hydrogen (secondary N) is 1. The van der Waals surface area contributed by atoms with Gasteiger partial charge in [0.1, 0.15) is 5.82 Å². The number of aromatic hydroxyl groups is 1. The van der Waals surface area contributed by atoms with Crippen molar-refractivity contribution in [3.63, 3.8) is 0 Å². The number of nitrogens with zero attached hydrogens (tertiary/aromatic N) is 2. The van der Waals surface area contributed by atoms with Crippen molar-refractivity contribution in [2.45, 2.75) is 62.3 Å². The number of hydrogen-bond acceptors (Lipinski definition) is 8. The molecule has 3 aliphatic carbocycles. The number of anilines is 1. The van der Waals surface area contributed by atoms with E-state index in [0.717, 1.165) is 42.7 Å². The second-order valence-electron chi connectivity index (χ2n) is 14.5. The van der Waals surface area contributed by atoms with Gasteiger partial charge in [0, 0.05) is 17.0 Å². The molecule has 10 nitrogen and oxygen atoms in total. The quantitative estimate of drug-likeness (QED) is 0.208. The van der Waals surface area contributed by atoms with Crippen molar-refractivity contribution in [3.8, 4) is 17.2 Å². The number of benzene rings is 3.